The molecule has 2 aromatic rings. The number of aliphatic hydroxyl groups excluding tert-OH is 1. The minimum Gasteiger partial charge on any atom is -0.396 e. The number of nitrogens with zero attached hydrogens (tertiary/aromatic N) is 1. The van der Waals surface area contributed by atoms with Gasteiger partial charge in [0, 0.05) is 30.1 Å². The molecule has 0 bridgehead atoms. The zero-order valence-corrected chi connectivity index (χ0v) is 15.6. The van der Waals surface area contributed by atoms with Crippen LogP contribution in [0.1, 0.15) is 46.4 Å². The molecule has 0 heterocycles. The number of hydrogen-bond acceptors (Lipinski definition) is 3. The largest absolute Gasteiger partial charge is 0.396 e. The van der Waals surface area contributed by atoms with E-state index in [4.69, 9.17) is 5.73 Å². The van der Waals surface area contributed by atoms with Gasteiger partial charge in [-0.25, -0.2) is 0 Å². The van der Waals surface area contributed by atoms with Crippen molar-refractivity contribution in [1.29, 1.82) is 0 Å². The first-order chi connectivity index (χ1) is 13.0. The van der Waals surface area contributed by atoms with Gasteiger partial charge in [0.25, 0.3) is 5.91 Å². The number of rotatable bonds is 6. The molecule has 1 saturated carbocycles. The Labute approximate surface area is 159 Å². The van der Waals surface area contributed by atoms with Gasteiger partial charge in [-0.1, -0.05) is 43.2 Å². The Bertz CT molecular complexity index is 824. The van der Waals surface area contributed by atoms with E-state index in [1.54, 1.807) is 36.2 Å². The molecule has 5 nitrogen and oxygen atoms in total. The van der Waals surface area contributed by atoms with E-state index >= 15 is 0 Å². The van der Waals surface area contributed by atoms with Gasteiger partial charge in [0.2, 0.25) is 5.91 Å². The molecule has 27 heavy (non-hydrogen) atoms. The van der Waals surface area contributed by atoms with E-state index in [0.29, 0.717) is 17.7 Å². The summed E-state index contributed by atoms with van der Waals surface area (Å²) in [4.78, 5) is 26.1. The number of nitrogens with two attached hydrogens (primary N) is 1. The molecule has 1 aliphatic rings. The molecule has 5 heteroatoms. The second-order valence-corrected chi connectivity index (χ2v) is 7.51. The fourth-order valence-corrected chi connectivity index (χ4v) is 4.03. The number of primary amides is 1. The number of benzene rings is 2. The van der Waals surface area contributed by atoms with Gasteiger partial charge < -0.3 is 15.7 Å². The van der Waals surface area contributed by atoms with Crippen LogP contribution in [0, 0.1) is 5.41 Å². The van der Waals surface area contributed by atoms with Crippen LogP contribution in [0.25, 0.3) is 11.1 Å². The first kappa shape index (κ1) is 19.1. The molecule has 2 aromatic carbocycles. The molecular formula is C22H26N2O3. The first-order valence-electron chi connectivity index (χ1n) is 9.31. The molecule has 0 spiro atoms. The van der Waals surface area contributed by atoms with Crippen LogP contribution in [-0.2, 0) is 0 Å². The summed E-state index contributed by atoms with van der Waals surface area (Å²) in [7, 11) is 1.79. The normalized spacial score (nSPS) is 15.5. The number of carbonyl (C=O) groups excluding carboxylic acids is 2. The first-order valence-corrected chi connectivity index (χ1v) is 9.31. The van der Waals surface area contributed by atoms with Crippen molar-refractivity contribution in [2.24, 2.45) is 11.1 Å². The quantitative estimate of drug-likeness (QED) is 0.824. The monoisotopic (exact) mass is 366 g/mol. The molecule has 3 rings (SSSR count). The SMILES string of the molecule is CN(CC1(CO)CCCC1)C(=O)c1ccc(-c2ccccc2C(N)=O)cc1. The summed E-state index contributed by atoms with van der Waals surface area (Å²) in [6, 6.07) is 14.4. The lowest BCUT2D eigenvalue weighted by Gasteiger charge is -2.31. The van der Waals surface area contributed by atoms with Gasteiger partial charge in [-0.05, 0) is 42.2 Å². The molecule has 2 amide bonds. The van der Waals surface area contributed by atoms with Gasteiger partial charge in [-0.3, -0.25) is 9.59 Å². The van der Waals surface area contributed by atoms with E-state index in [0.717, 1.165) is 36.8 Å². The lowest BCUT2D eigenvalue weighted by molar-refractivity contribution is 0.0595. The molecule has 1 fully saturated rings. The zero-order chi connectivity index (χ0) is 19.4. The highest BCUT2D eigenvalue weighted by Crippen LogP contribution is 2.38. The summed E-state index contributed by atoms with van der Waals surface area (Å²) in [5.74, 6) is -0.541. The third kappa shape index (κ3) is 4.03. The van der Waals surface area contributed by atoms with Gasteiger partial charge in [-0.15, -0.1) is 0 Å². The number of amides is 2. The molecule has 3 N–H and O–H groups in total. The minimum atomic E-state index is -0.476. The second kappa shape index (κ2) is 7.92. The third-order valence-corrected chi connectivity index (χ3v) is 5.55. The summed E-state index contributed by atoms with van der Waals surface area (Å²) in [5.41, 5.74) is 7.93. The number of carbonyl (C=O) groups is 2. The average Bonchev–Trinajstić information content (AvgIpc) is 3.16. The molecular weight excluding hydrogens is 340 g/mol. The topological polar surface area (TPSA) is 83.6 Å². The van der Waals surface area contributed by atoms with Crippen LogP contribution in [0.2, 0.25) is 0 Å². The van der Waals surface area contributed by atoms with Gasteiger partial charge in [0.15, 0.2) is 0 Å². The summed E-state index contributed by atoms with van der Waals surface area (Å²) < 4.78 is 0. The van der Waals surface area contributed by atoms with E-state index < -0.39 is 5.91 Å². The van der Waals surface area contributed by atoms with Crippen LogP contribution >= 0.6 is 0 Å². The summed E-state index contributed by atoms with van der Waals surface area (Å²) in [6.07, 6.45) is 4.14. The van der Waals surface area contributed by atoms with Crippen LogP contribution in [0.5, 0.6) is 0 Å². The van der Waals surface area contributed by atoms with E-state index in [1.807, 2.05) is 24.3 Å². The summed E-state index contributed by atoms with van der Waals surface area (Å²) in [6.45, 7) is 0.683. The van der Waals surface area contributed by atoms with E-state index in [9.17, 15) is 14.7 Å². The summed E-state index contributed by atoms with van der Waals surface area (Å²) in [5, 5.41) is 9.78. The van der Waals surface area contributed by atoms with Crippen molar-refractivity contribution < 1.29 is 14.7 Å². The van der Waals surface area contributed by atoms with Crippen LogP contribution in [-0.4, -0.2) is 42.0 Å². The summed E-state index contributed by atoms with van der Waals surface area (Å²) >= 11 is 0. The minimum absolute atomic E-state index is 0.0653. The highest BCUT2D eigenvalue weighted by Gasteiger charge is 2.35. The zero-order valence-electron chi connectivity index (χ0n) is 15.6. The van der Waals surface area contributed by atoms with Crippen molar-refractivity contribution in [3.05, 3.63) is 59.7 Å². The van der Waals surface area contributed by atoms with Crippen molar-refractivity contribution in [2.45, 2.75) is 25.7 Å². The number of hydrogen-bond donors (Lipinski definition) is 2. The van der Waals surface area contributed by atoms with Crippen LogP contribution in [0.15, 0.2) is 48.5 Å². The highest BCUT2D eigenvalue weighted by molar-refractivity contribution is 6.00. The lowest BCUT2D eigenvalue weighted by atomic mass is 9.86. The van der Waals surface area contributed by atoms with Gasteiger partial charge in [-0.2, -0.15) is 0 Å². The average molecular weight is 366 g/mol. The maximum atomic E-state index is 12.8. The Hall–Kier alpha value is -2.66. The fraction of sp³-hybridized carbons (Fsp3) is 0.364. The molecule has 0 atom stereocenters. The predicted octanol–water partition coefficient (Wildman–Crippen LogP) is 3.08. The van der Waals surface area contributed by atoms with Crippen LogP contribution in [0.4, 0.5) is 0 Å². The van der Waals surface area contributed by atoms with Gasteiger partial charge in [0.05, 0.1) is 6.61 Å². The Kier molecular flexibility index (Phi) is 5.61. The third-order valence-electron chi connectivity index (χ3n) is 5.55. The molecule has 1 aliphatic carbocycles. The molecule has 0 aliphatic heterocycles. The molecule has 0 unspecified atom stereocenters. The molecule has 0 saturated heterocycles. The van der Waals surface area contributed by atoms with Crippen molar-refractivity contribution in [3.63, 3.8) is 0 Å². The van der Waals surface area contributed by atoms with Crippen molar-refractivity contribution in [2.75, 3.05) is 20.2 Å². The molecule has 0 aromatic heterocycles. The van der Waals surface area contributed by atoms with Crippen LogP contribution in [0.3, 0.4) is 0 Å². The lowest BCUT2D eigenvalue weighted by Crippen LogP contribution is -2.39. The number of aliphatic hydroxyl groups is 1. The smallest absolute Gasteiger partial charge is 0.253 e. The Morgan fingerprint density at radius 2 is 1.70 bits per heavy atom. The van der Waals surface area contributed by atoms with Crippen molar-refractivity contribution >= 4 is 11.8 Å². The van der Waals surface area contributed by atoms with Crippen molar-refractivity contribution in [3.8, 4) is 11.1 Å². The van der Waals surface area contributed by atoms with Crippen molar-refractivity contribution in [1.82, 2.24) is 4.90 Å². The highest BCUT2D eigenvalue weighted by atomic mass is 16.3. The van der Waals surface area contributed by atoms with E-state index in [1.165, 1.54) is 0 Å². The van der Waals surface area contributed by atoms with E-state index in [2.05, 4.69) is 0 Å². The Morgan fingerprint density at radius 1 is 1.07 bits per heavy atom. The maximum Gasteiger partial charge on any atom is 0.253 e. The standard InChI is InChI=1S/C22H26N2O3/c1-24(14-22(15-25)12-4-5-13-22)21(27)17-10-8-16(9-11-17)18-6-2-3-7-19(18)20(23)26/h2-3,6-11,25H,4-5,12-15H2,1H3,(H2,23,26). The Morgan fingerprint density at radius 3 is 2.30 bits per heavy atom. The molecule has 0 radical (unpaired) electrons. The predicted molar refractivity (Wildman–Crippen MR) is 105 cm³/mol. The molecule has 142 valence electrons. The van der Waals surface area contributed by atoms with Crippen LogP contribution < -0.4 is 5.73 Å². The fourth-order valence-electron chi connectivity index (χ4n) is 4.03. The van der Waals surface area contributed by atoms with Gasteiger partial charge >= 0.3 is 0 Å². The second-order valence-electron chi connectivity index (χ2n) is 7.51. The van der Waals surface area contributed by atoms with Gasteiger partial charge in [0.1, 0.15) is 0 Å². The Balaban J connectivity index is 1.77. The van der Waals surface area contributed by atoms with E-state index in [-0.39, 0.29) is 17.9 Å². The maximum absolute atomic E-state index is 12.8.